The predicted molar refractivity (Wildman–Crippen MR) is 81.3 cm³/mol. The lowest BCUT2D eigenvalue weighted by atomic mass is 9.98. The van der Waals surface area contributed by atoms with E-state index in [0.29, 0.717) is 18.9 Å². The molecule has 20 heavy (non-hydrogen) atoms. The van der Waals surface area contributed by atoms with Gasteiger partial charge < -0.3 is 9.64 Å². The number of piperidine rings is 1. The highest BCUT2D eigenvalue weighted by Gasteiger charge is 2.26. The summed E-state index contributed by atoms with van der Waals surface area (Å²) < 4.78 is 5.12. The molecule has 0 bridgehead atoms. The van der Waals surface area contributed by atoms with Crippen molar-refractivity contribution in [1.29, 1.82) is 0 Å². The molecule has 2 rings (SSSR count). The van der Waals surface area contributed by atoms with Crippen LogP contribution >= 0.6 is 11.6 Å². The third-order valence-corrected chi connectivity index (χ3v) is 4.57. The first-order valence-corrected chi connectivity index (χ1v) is 7.58. The number of aryl methyl sites for hydroxylation is 1. The summed E-state index contributed by atoms with van der Waals surface area (Å²) in [5.41, 5.74) is 1.16. The summed E-state index contributed by atoms with van der Waals surface area (Å²) >= 11 is 6.25. The van der Waals surface area contributed by atoms with Crippen molar-refractivity contribution in [3.05, 3.63) is 29.8 Å². The van der Waals surface area contributed by atoms with Gasteiger partial charge in [-0.15, -0.1) is 11.6 Å². The molecule has 2 atom stereocenters. The second-order valence-electron chi connectivity index (χ2n) is 5.47. The molecule has 1 saturated heterocycles. The summed E-state index contributed by atoms with van der Waals surface area (Å²) in [6, 6.07) is 7.87. The fourth-order valence-corrected chi connectivity index (χ4v) is 2.74. The molecule has 3 nitrogen and oxygen atoms in total. The Morgan fingerprint density at radius 2 is 2.10 bits per heavy atom. The van der Waals surface area contributed by atoms with Gasteiger partial charge in [-0.3, -0.25) is 4.79 Å². The molecule has 1 aromatic carbocycles. The SMILES string of the molecule is COc1ccc(CCC(=O)N2CCC(C)C(Cl)C2)cc1. The van der Waals surface area contributed by atoms with Crippen molar-refractivity contribution >= 4 is 17.5 Å². The number of rotatable bonds is 4. The second-order valence-corrected chi connectivity index (χ2v) is 6.03. The van der Waals surface area contributed by atoms with Gasteiger partial charge in [0, 0.05) is 19.5 Å². The normalized spacial score (nSPS) is 22.6. The number of likely N-dealkylation sites (tertiary alicyclic amines) is 1. The van der Waals surface area contributed by atoms with E-state index >= 15 is 0 Å². The molecule has 1 aliphatic heterocycles. The average Bonchev–Trinajstić information content (AvgIpc) is 2.48. The number of hydrogen-bond acceptors (Lipinski definition) is 2. The third-order valence-electron chi connectivity index (χ3n) is 4.01. The molecule has 0 radical (unpaired) electrons. The fraction of sp³-hybridized carbons (Fsp3) is 0.562. The first kappa shape index (κ1) is 15.2. The number of amides is 1. The van der Waals surface area contributed by atoms with Gasteiger partial charge >= 0.3 is 0 Å². The molecule has 1 fully saturated rings. The summed E-state index contributed by atoms with van der Waals surface area (Å²) in [5, 5.41) is 0.0914. The van der Waals surface area contributed by atoms with Gasteiger partial charge in [-0.05, 0) is 36.5 Å². The van der Waals surface area contributed by atoms with E-state index in [1.807, 2.05) is 29.2 Å². The highest BCUT2D eigenvalue weighted by Crippen LogP contribution is 2.22. The van der Waals surface area contributed by atoms with E-state index in [9.17, 15) is 4.79 Å². The van der Waals surface area contributed by atoms with Crippen LogP contribution in [0.1, 0.15) is 25.3 Å². The number of hydrogen-bond donors (Lipinski definition) is 0. The predicted octanol–water partition coefficient (Wildman–Crippen LogP) is 3.10. The minimum absolute atomic E-state index is 0.0914. The average molecular weight is 296 g/mol. The van der Waals surface area contributed by atoms with Crippen LogP contribution in [0.3, 0.4) is 0 Å². The molecular weight excluding hydrogens is 274 g/mol. The van der Waals surface area contributed by atoms with Crippen LogP contribution in [-0.4, -0.2) is 36.4 Å². The van der Waals surface area contributed by atoms with E-state index in [1.54, 1.807) is 7.11 Å². The maximum absolute atomic E-state index is 12.2. The maximum atomic E-state index is 12.2. The molecule has 1 heterocycles. The van der Waals surface area contributed by atoms with Crippen molar-refractivity contribution in [2.24, 2.45) is 5.92 Å². The summed E-state index contributed by atoms with van der Waals surface area (Å²) in [5.74, 6) is 1.55. The maximum Gasteiger partial charge on any atom is 0.222 e. The van der Waals surface area contributed by atoms with Gasteiger partial charge in [-0.25, -0.2) is 0 Å². The van der Waals surface area contributed by atoms with Crippen LogP contribution in [0.5, 0.6) is 5.75 Å². The van der Waals surface area contributed by atoms with Crippen LogP contribution in [0.15, 0.2) is 24.3 Å². The van der Waals surface area contributed by atoms with Crippen molar-refractivity contribution in [1.82, 2.24) is 4.90 Å². The molecule has 0 N–H and O–H groups in total. The molecule has 2 unspecified atom stereocenters. The Kier molecular flexibility index (Phi) is 5.30. The van der Waals surface area contributed by atoms with Crippen molar-refractivity contribution in [3.8, 4) is 5.75 Å². The van der Waals surface area contributed by atoms with E-state index < -0.39 is 0 Å². The Hall–Kier alpha value is -1.22. The zero-order valence-corrected chi connectivity index (χ0v) is 12.9. The van der Waals surface area contributed by atoms with Crippen LogP contribution in [-0.2, 0) is 11.2 Å². The van der Waals surface area contributed by atoms with Crippen molar-refractivity contribution < 1.29 is 9.53 Å². The van der Waals surface area contributed by atoms with Crippen LogP contribution in [0.4, 0.5) is 0 Å². The first-order valence-electron chi connectivity index (χ1n) is 7.15. The molecule has 0 spiro atoms. The number of halogens is 1. The van der Waals surface area contributed by atoms with Crippen LogP contribution < -0.4 is 4.74 Å². The molecule has 1 amide bonds. The van der Waals surface area contributed by atoms with Crippen molar-refractivity contribution in [2.45, 2.75) is 31.6 Å². The van der Waals surface area contributed by atoms with Gasteiger partial charge in [-0.2, -0.15) is 0 Å². The van der Waals surface area contributed by atoms with Crippen molar-refractivity contribution in [3.63, 3.8) is 0 Å². The lowest BCUT2D eigenvalue weighted by molar-refractivity contribution is -0.132. The summed E-state index contributed by atoms with van der Waals surface area (Å²) in [6.45, 7) is 3.67. The number of nitrogens with zero attached hydrogens (tertiary/aromatic N) is 1. The van der Waals surface area contributed by atoms with E-state index in [4.69, 9.17) is 16.3 Å². The van der Waals surface area contributed by atoms with Crippen LogP contribution in [0.2, 0.25) is 0 Å². The van der Waals surface area contributed by atoms with Gasteiger partial charge in [0.2, 0.25) is 5.91 Å². The van der Waals surface area contributed by atoms with Crippen molar-refractivity contribution in [2.75, 3.05) is 20.2 Å². The summed E-state index contributed by atoms with van der Waals surface area (Å²) in [4.78, 5) is 14.1. The van der Waals surface area contributed by atoms with Crippen LogP contribution in [0.25, 0.3) is 0 Å². The van der Waals surface area contributed by atoms with E-state index in [0.717, 1.165) is 30.7 Å². The van der Waals surface area contributed by atoms with Gasteiger partial charge in [0.15, 0.2) is 0 Å². The Morgan fingerprint density at radius 1 is 1.40 bits per heavy atom. The van der Waals surface area contributed by atoms with Crippen LogP contribution in [0, 0.1) is 5.92 Å². The van der Waals surface area contributed by atoms with E-state index in [2.05, 4.69) is 6.92 Å². The Bertz CT molecular complexity index is 446. The second kappa shape index (κ2) is 6.98. The zero-order valence-electron chi connectivity index (χ0n) is 12.1. The van der Waals surface area contributed by atoms with Gasteiger partial charge in [0.05, 0.1) is 12.5 Å². The lowest BCUT2D eigenvalue weighted by Gasteiger charge is -2.34. The molecular formula is C16H22ClNO2. The number of carbonyl (C=O) groups excluding carboxylic acids is 1. The largest absolute Gasteiger partial charge is 0.497 e. The summed E-state index contributed by atoms with van der Waals surface area (Å²) in [7, 11) is 1.65. The molecule has 0 aliphatic carbocycles. The highest BCUT2D eigenvalue weighted by atomic mass is 35.5. The first-order chi connectivity index (χ1) is 9.60. The topological polar surface area (TPSA) is 29.5 Å². The fourth-order valence-electron chi connectivity index (χ4n) is 2.45. The standard InChI is InChI=1S/C16H22ClNO2/c1-12-9-10-18(11-15(12)17)16(19)8-5-13-3-6-14(20-2)7-4-13/h3-4,6-7,12,15H,5,8-11H2,1-2H3. The Balaban J connectivity index is 1.82. The molecule has 4 heteroatoms. The number of methoxy groups -OCH3 is 1. The van der Waals surface area contributed by atoms with E-state index in [1.165, 1.54) is 0 Å². The number of alkyl halides is 1. The molecule has 110 valence electrons. The van der Waals surface area contributed by atoms with Gasteiger partial charge in [0.25, 0.3) is 0 Å². The monoisotopic (exact) mass is 295 g/mol. The minimum Gasteiger partial charge on any atom is -0.497 e. The highest BCUT2D eigenvalue weighted by molar-refractivity contribution is 6.21. The molecule has 1 aliphatic rings. The lowest BCUT2D eigenvalue weighted by Crippen LogP contribution is -2.43. The summed E-state index contributed by atoms with van der Waals surface area (Å²) in [6.07, 6.45) is 2.31. The van der Waals surface area contributed by atoms with Gasteiger partial charge in [0.1, 0.15) is 5.75 Å². The zero-order chi connectivity index (χ0) is 14.5. The molecule has 0 aromatic heterocycles. The Morgan fingerprint density at radius 3 is 2.70 bits per heavy atom. The van der Waals surface area contributed by atoms with E-state index in [-0.39, 0.29) is 11.3 Å². The third kappa shape index (κ3) is 3.89. The molecule has 0 saturated carbocycles. The quantitative estimate of drug-likeness (QED) is 0.799. The Labute approximate surface area is 125 Å². The number of benzene rings is 1. The smallest absolute Gasteiger partial charge is 0.222 e. The van der Waals surface area contributed by atoms with Gasteiger partial charge in [-0.1, -0.05) is 19.1 Å². The molecule has 1 aromatic rings. The number of ether oxygens (including phenoxy) is 1. The number of carbonyl (C=O) groups is 1. The minimum atomic E-state index is 0.0914.